The van der Waals surface area contributed by atoms with Crippen molar-refractivity contribution in [3.8, 4) is 17.3 Å². The average molecular weight is 297 g/mol. The molecule has 0 N–H and O–H groups in total. The van der Waals surface area contributed by atoms with Gasteiger partial charge in [0.2, 0.25) is 0 Å². The van der Waals surface area contributed by atoms with Gasteiger partial charge in [-0.2, -0.15) is 0 Å². The van der Waals surface area contributed by atoms with Crippen molar-refractivity contribution in [2.75, 3.05) is 0 Å². The average Bonchev–Trinajstić information content (AvgIpc) is 3.11. The molecule has 4 aromatic rings. The third-order valence-electron chi connectivity index (χ3n) is 3.13. The maximum absolute atomic E-state index is 5.88. The molecule has 0 fully saturated rings. The zero-order chi connectivity index (χ0) is 14.2. The third kappa shape index (κ3) is 1.98. The minimum atomic E-state index is 0.325. The van der Waals surface area contributed by atoms with Gasteiger partial charge >= 0.3 is 0 Å². The predicted octanol–water partition coefficient (Wildman–Crippen LogP) is 3.73. The largest absolute Gasteiger partial charge is 0.441 e. The lowest BCUT2D eigenvalue weighted by atomic mass is 10.3. The van der Waals surface area contributed by atoms with E-state index in [4.69, 9.17) is 16.0 Å². The van der Waals surface area contributed by atoms with Gasteiger partial charge in [0.25, 0.3) is 0 Å². The number of fused-ring (bicyclic) bond motifs is 1. The number of hydrogen-bond donors (Lipinski definition) is 0. The lowest BCUT2D eigenvalue weighted by Gasteiger charge is -2.06. The van der Waals surface area contributed by atoms with Crippen LogP contribution < -0.4 is 0 Å². The summed E-state index contributed by atoms with van der Waals surface area (Å²) in [5, 5.41) is 0.325. The molecule has 0 saturated heterocycles. The van der Waals surface area contributed by atoms with Gasteiger partial charge in [0.15, 0.2) is 22.5 Å². The minimum Gasteiger partial charge on any atom is -0.441 e. The Morgan fingerprint density at radius 3 is 2.62 bits per heavy atom. The molecule has 5 nitrogen and oxygen atoms in total. The van der Waals surface area contributed by atoms with E-state index >= 15 is 0 Å². The van der Waals surface area contributed by atoms with Gasteiger partial charge in [0.1, 0.15) is 5.52 Å². The molecule has 0 amide bonds. The summed E-state index contributed by atoms with van der Waals surface area (Å²) in [6.45, 7) is 0. The highest BCUT2D eigenvalue weighted by atomic mass is 35.5. The fraction of sp³-hybridized carbons (Fsp3) is 0. The van der Waals surface area contributed by atoms with Crippen molar-refractivity contribution in [1.29, 1.82) is 0 Å². The summed E-state index contributed by atoms with van der Waals surface area (Å²) in [5.74, 6) is 1.25. The molecule has 6 heteroatoms. The van der Waals surface area contributed by atoms with E-state index in [1.807, 2.05) is 28.8 Å². The van der Waals surface area contributed by atoms with Crippen molar-refractivity contribution < 1.29 is 4.42 Å². The summed E-state index contributed by atoms with van der Waals surface area (Å²) in [6, 6.07) is 11.0. The highest BCUT2D eigenvalue weighted by Crippen LogP contribution is 2.29. The van der Waals surface area contributed by atoms with Crippen molar-refractivity contribution in [3.05, 3.63) is 60.2 Å². The molecule has 0 spiro atoms. The molecule has 0 radical (unpaired) electrons. The number of pyridine rings is 2. The van der Waals surface area contributed by atoms with Gasteiger partial charge in [0.05, 0.1) is 5.69 Å². The van der Waals surface area contributed by atoms with Gasteiger partial charge in [-0.15, -0.1) is 0 Å². The van der Waals surface area contributed by atoms with Gasteiger partial charge < -0.3 is 4.42 Å². The molecule has 4 heterocycles. The van der Waals surface area contributed by atoms with Crippen LogP contribution in [0, 0.1) is 0 Å². The molecule has 102 valence electrons. The molecule has 0 unspecified atom stereocenters. The van der Waals surface area contributed by atoms with Gasteiger partial charge in [-0.1, -0.05) is 0 Å². The first-order chi connectivity index (χ1) is 10.3. The number of halogens is 1. The first kappa shape index (κ1) is 12.1. The van der Waals surface area contributed by atoms with Crippen LogP contribution in [0.5, 0.6) is 0 Å². The fourth-order valence-electron chi connectivity index (χ4n) is 2.25. The second-order valence-electron chi connectivity index (χ2n) is 4.43. The lowest BCUT2D eigenvalue weighted by molar-refractivity contribution is 0.578. The monoisotopic (exact) mass is 296 g/mol. The van der Waals surface area contributed by atoms with E-state index in [0.717, 1.165) is 16.9 Å². The summed E-state index contributed by atoms with van der Waals surface area (Å²) in [4.78, 5) is 13.1. The summed E-state index contributed by atoms with van der Waals surface area (Å²) in [7, 11) is 0. The standard InChI is InChI=1S/C15H9ClN4O/c16-13-4-3-12(21-13)15-19-11-2-1-7-18-14(11)20(15)10-5-8-17-9-6-10/h1-9H. The second kappa shape index (κ2) is 4.71. The molecule has 4 rings (SSSR count). The summed E-state index contributed by atoms with van der Waals surface area (Å²) in [5.41, 5.74) is 2.46. The highest BCUT2D eigenvalue weighted by molar-refractivity contribution is 6.28. The van der Waals surface area contributed by atoms with Crippen LogP contribution in [0.15, 0.2) is 59.4 Å². The maximum Gasteiger partial charge on any atom is 0.194 e. The lowest BCUT2D eigenvalue weighted by Crippen LogP contribution is -1.98. The van der Waals surface area contributed by atoms with Crippen LogP contribution >= 0.6 is 11.6 Å². The highest BCUT2D eigenvalue weighted by Gasteiger charge is 2.17. The van der Waals surface area contributed by atoms with E-state index in [0.29, 0.717) is 16.8 Å². The molecule has 0 aliphatic carbocycles. The fourth-order valence-corrected chi connectivity index (χ4v) is 2.40. The molecule has 0 aliphatic heterocycles. The molecule has 0 aliphatic rings. The van der Waals surface area contributed by atoms with Crippen LogP contribution in [0.4, 0.5) is 0 Å². The first-order valence-corrected chi connectivity index (χ1v) is 6.70. The Morgan fingerprint density at radius 1 is 1.00 bits per heavy atom. The summed E-state index contributed by atoms with van der Waals surface area (Å²) < 4.78 is 7.42. The van der Waals surface area contributed by atoms with Crippen molar-refractivity contribution in [1.82, 2.24) is 19.5 Å². The van der Waals surface area contributed by atoms with Crippen molar-refractivity contribution in [2.45, 2.75) is 0 Å². The third-order valence-corrected chi connectivity index (χ3v) is 3.33. The molecule has 4 aromatic heterocycles. The Morgan fingerprint density at radius 2 is 1.86 bits per heavy atom. The van der Waals surface area contributed by atoms with E-state index in [2.05, 4.69) is 15.0 Å². The Kier molecular flexibility index (Phi) is 2.72. The van der Waals surface area contributed by atoms with Crippen LogP contribution in [0.25, 0.3) is 28.4 Å². The Hall–Kier alpha value is -2.66. The number of hydrogen-bond acceptors (Lipinski definition) is 4. The SMILES string of the molecule is Clc1ccc(-c2nc3cccnc3n2-c2ccncc2)o1. The first-order valence-electron chi connectivity index (χ1n) is 6.32. The molecule has 0 bridgehead atoms. The summed E-state index contributed by atoms with van der Waals surface area (Å²) in [6.07, 6.45) is 5.19. The molecular formula is C15H9ClN4O. The topological polar surface area (TPSA) is 56.7 Å². The number of imidazole rings is 1. The van der Waals surface area contributed by atoms with E-state index < -0.39 is 0 Å². The quantitative estimate of drug-likeness (QED) is 0.565. The minimum absolute atomic E-state index is 0.325. The van der Waals surface area contributed by atoms with E-state index in [1.165, 1.54) is 0 Å². The van der Waals surface area contributed by atoms with Crippen molar-refractivity contribution in [2.24, 2.45) is 0 Å². The normalized spacial score (nSPS) is 11.1. The maximum atomic E-state index is 5.88. The number of nitrogens with zero attached hydrogens (tertiary/aromatic N) is 4. The predicted molar refractivity (Wildman–Crippen MR) is 79.4 cm³/mol. The van der Waals surface area contributed by atoms with Gasteiger partial charge in [-0.05, 0) is 48.0 Å². The van der Waals surface area contributed by atoms with Crippen LogP contribution in [0.1, 0.15) is 0 Å². The van der Waals surface area contributed by atoms with Crippen molar-refractivity contribution in [3.63, 3.8) is 0 Å². The van der Waals surface area contributed by atoms with Crippen LogP contribution in [0.2, 0.25) is 5.22 Å². The van der Waals surface area contributed by atoms with Gasteiger partial charge in [0, 0.05) is 18.6 Å². The van der Waals surface area contributed by atoms with Gasteiger partial charge in [-0.25, -0.2) is 9.97 Å². The number of rotatable bonds is 2. The van der Waals surface area contributed by atoms with E-state index in [1.54, 1.807) is 30.7 Å². The molecule has 0 aromatic carbocycles. The second-order valence-corrected chi connectivity index (χ2v) is 4.80. The summed E-state index contributed by atoms with van der Waals surface area (Å²) >= 11 is 5.88. The smallest absolute Gasteiger partial charge is 0.194 e. The van der Waals surface area contributed by atoms with E-state index in [9.17, 15) is 0 Å². The van der Waals surface area contributed by atoms with E-state index in [-0.39, 0.29) is 0 Å². The molecule has 0 saturated carbocycles. The molecular weight excluding hydrogens is 288 g/mol. The zero-order valence-corrected chi connectivity index (χ0v) is 11.5. The van der Waals surface area contributed by atoms with Crippen LogP contribution in [-0.2, 0) is 0 Å². The zero-order valence-electron chi connectivity index (χ0n) is 10.8. The molecule has 21 heavy (non-hydrogen) atoms. The Bertz CT molecular complexity index is 914. The number of aromatic nitrogens is 4. The number of furan rings is 1. The van der Waals surface area contributed by atoms with Crippen LogP contribution in [0.3, 0.4) is 0 Å². The Balaban J connectivity index is 2.06. The Labute approximate surface area is 124 Å². The van der Waals surface area contributed by atoms with Crippen LogP contribution in [-0.4, -0.2) is 19.5 Å². The molecule has 0 atom stereocenters. The van der Waals surface area contributed by atoms with Crippen molar-refractivity contribution >= 4 is 22.8 Å². The van der Waals surface area contributed by atoms with Gasteiger partial charge in [-0.3, -0.25) is 9.55 Å².